The van der Waals surface area contributed by atoms with Crippen LogP contribution in [-0.4, -0.2) is 11.0 Å². The van der Waals surface area contributed by atoms with Crippen LogP contribution in [-0.2, 0) is 6.18 Å². The summed E-state index contributed by atoms with van der Waals surface area (Å²) in [6.45, 7) is 6.24. The number of nitrogens with two attached hydrogens (primary N) is 1. The van der Waals surface area contributed by atoms with Crippen LogP contribution in [0.15, 0.2) is 18.2 Å². The Labute approximate surface area is 128 Å². The summed E-state index contributed by atoms with van der Waals surface area (Å²) in [5.41, 5.74) is 5.59. The van der Waals surface area contributed by atoms with Crippen molar-refractivity contribution in [3.8, 4) is 0 Å². The topological polar surface area (TPSA) is 38.0 Å². The van der Waals surface area contributed by atoms with Gasteiger partial charge in [-0.1, -0.05) is 32.5 Å². The molecule has 2 atom stereocenters. The Kier molecular flexibility index (Phi) is 6.01. The zero-order chi connectivity index (χ0) is 16.2. The zero-order valence-corrected chi connectivity index (χ0v) is 13.2. The Bertz CT molecular complexity index is 500. The molecule has 0 aliphatic rings. The van der Waals surface area contributed by atoms with Gasteiger partial charge in [0.1, 0.15) is 4.99 Å². The largest absolute Gasteiger partial charge is 0.416 e. The highest BCUT2D eigenvalue weighted by Crippen LogP contribution is 2.32. The second-order valence-electron chi connectivity index (χ2n) is 5.42. The second kappa shape index (κ2) is 7.11. The zero-order valence-electron chi connectivity index (χ0n) is 12.4. The molecule has 0 spiro atoms. The van der Waals surface area contributed by atoms with E-state index in [0.29, 0.717) is 11.6 Å². The lowest BCUT2D eigenvalue weighted by Gasteiger charge is -2.21. The van der Waals surface area contributed by atoms with Crippen LogP contribution >= 0.6 is 12.2 Å². The molecule has 0 bridgehead atoms. The summed E-state index contributed by atoms with van der Waals surface area (Å²) >= 11 is 4.87. The summed E-state index contributed by atoms with van der Waals surface area (Å²) in [7, 11) is 0. The summed E-state index contributed by atoms with van der Waals surface area (Å²) in [4.78, 5) is -0.0423. The average Bonchev–Trinajstić information content (AvgIpc) is 2.37. The van der Waals surface area contributed by atoms with Crippen LogP contribution in [0.4, 0.5) is 18.9 Å². The van der Waals surface area contributed by atoms with Gasteiger partial charge < -0.3 is 11.1 Å². The standard InChI is InChI=1S/C15H21F3N2S/c1-4-9(2)7-10(3)20-13-6-5-11(15(16,17)18)8-12(13)14(19)21/h5-6,8-10,20H,4,7H2,1-3H3,(H2,19,21). The molecule has 0 heterocycles. The van der Waals surface area contributed by atoms with Gasteiger partial charge in [-0.3, -0.25) is 0 Å². The van der Waals surface area contributed by atoms with E-state index in [0.717, 1.165) is 25.0 Å². The minimum atomic E-state index is -4.40. The predicted molar refractivity (Wildman–Crippen MR) is 84.5 cm³/mol. The first-order valence-corrected chi connectivity index (χ1v) is 7.33. The number of anilines is 1. The van der Waals surface area contributed by atoms with Crippen LogP contribution in [0.3, 0.4) is 0 Å². The van der Waals surface area contributed by atoms with E-state index in [2.05, 4.69) is 19.2 Å². The van der Waals surface area contributed by atoms with Crippen molar-refractivity contribution in [3.63, 3.8) is 0 Å². The minimum absolute atomic E-state index is 0.0423. The molecule has 2 unspecified atom stereocenters. The quantitative estimate of drug-likeness (QED) is 0.754. The monoisotopic (exact) mass is 318 g/mol. The predicted octanol–water partition coefficient (Wildman–Crippen LogP) is 4.58. The third-order valence-corrected chi connectivity index (χ3v) is 3.69. The fraction of sp³-hybridized carbons (Fsp3) is 0.533. The molecule has 3 N–H and O–H groups in total. The smallest absolute Gasteiger partial charge is 0.389 e. The van der Waals surface area contributed by atoms with Crippen molar-refractivity contribution in [3.05, 3.63) is 29.3 Å². The van der Waals surface area contributed by atoms with Gasteiger partial charge in [0.25, 0.3) is 0 Å². The second-order valence-corrected chi connectivity index (χ2v) is 5.86. The van der Waals surface area contributed by atoms with E-state index >= 15 is 0 Å². The first-order valence-electron chi connectivity index (χ1n) is 6.92. The van der Waals surface area contributed by atoms with Crippen molar-refractivity contribution in [1.29, 1.82) is 0 Å². The first-order chi connectivity index (χ1) is 9.65. The Hall–Kier alpha value is -1.30. The lowest BCUT2D eigenvalue weighted by Crippen LogP contribution is -2.22. The van der Waals surface area contributed by atoms with Crippen molar-refractivity contribution in [2.45, 2.75) is 45.8 Å². The third-order valence-electron chi connectivity index (χ3n) is 3.47. The number of alkyl halides is 3. The lowest BCUT2D eigenvalue weighted by molar-refractivity contribution is -0.137. The van der Waals surface area contributed by atoms with Crippen LogP contribution in [0, 0.1) is 5.92 Å². The number of thiocarbonyl (C=S) groups is 1. The van der Waals surface area contributed by atoms with E-state index in [1.165, 1.54) is 6.07 Å². The normalized spacial score (nSPS) is 14.6. The molecule has 118 valence electrons. The Morgan fingerprint density at radius 1 is 1.33 bits per heavy atom. The van der Waals surface area contributed by atoms with Gasteiger partial charge in [-0.25, -0.2) is 0 Å². The third kappa shape index (κ3) is 5.19. The van der Waals surface area contributed by atoms with Crippen molar-refractivity contribution < 1.29 is 13.2 Å². The molecule has 0 aromatic heterocycles. The van der Waals surface area contributed by atoms with Crippen molar-refractivity contribution in [2.75, 3.05) is 5.32 Å². The number of hydrogen-bond donors (Lipinski definition) is 2. The first kappa shape index (κ1) is 17.8. The molecule has 2 nitrogen and oxygen atoms in total. The van der Waals surface area contributed by atoms with Gasteiger partial charge in [-0.05, 0) is 37.5 Å². The highest BCUT2D eigenvalue weighted by molar-refractivity contribution is 7.80. The van der Waals surface area contributed by atoms with Crippen LogP contribution in [0.2, 0.25) is 0 Å². The lowest BCUT2D eigenvalue weighted by atomic mass is 9.99. The van der Waals surface area contributed by atoms with Gasteiger partial charge >= 0.3 is 6.18 Å². The minimum Gasteiger partial charge on any atom is -0.389 e. The molecule has 1 aromatic rings. The molecule has 0 radical (unpaired) electrons. The molecule has 0 amide bonds. The molecule has 0 aliphatic heterocycles. The molecule has 6 heteroatoms. The fourth-order valence-corrected chi connectivity index (χ4v) is 2.31. The van der Waals surface area contributed by atoms with E-state index in [4.69, 9.17) is 18.0 Å². The number of hydrogen-bond acceptors (Lipinski definition) is 2. The van der Waals surface area contributed by atoms with Gasteiger partial charge in [0, 0.05) is 17.3 Å². The number of rotatable bonds is 6. The number of benzene rings is 1. The van der Waals surface area contributed by atoms with Gasteiger partial charge in [0.15, 0.2) is 0 Å². The van der Waals surface area contributed by atoms with Crippen LogP contribution < -0.4 is 11.1 Å². The molecular formula is C15H21F3N2S. The van der Waals surface area contributed by atoms with E-state index in [1.54, 1.807) is 0 Å². The maximum Gasteiger partial charge on any atom is 0.416 e. The van der Waals surface area contributed by atoms with Crippen molar-refractivity contribution in [1.82, 2.24) is 0 Å². The van der Waals surface area contributed by atoms with E-state index in [-0.39, 0.29) is 16.6 Å². The highest BCUT2D eigenvalue weighted by Gasteiger charge is 2.31. The van der Waals surface area contributed by atoms with Crippen molar-refractivity contribution in [2.24, 2.45) is 11.7 Å². The van der Waals surface area contributed by atoms with Crippen LogP contribution in [0.5, 0.6) is 0 Å². The van der Waals surface area contributed by atoms with E-state index in [9.17, 15) is 13.2 Å². The van der Waals surface area contributed by atoms with Crippen molar-refractivity contribution >= 4 is 22.9 Å². The molecular weight excluding hydrogens is 297 g/mol. The summed E-state index contributed by atoms with van der Waals surface area (Å²) < 4.78 is 38.2. The fourth-order valence-electron chi connectivity index (χ4n) is 2.14. The maximum atomic E-state index is 12.7. The molecule has 0 saturated heterocycles. The Morgan fingerprint density at radius 2 is 1.95 bits per heavy atom. The molecule has 0 aliphatic carbocycles. The Balaban J connectivity index is 2.99. The molecule has 1 rings (SSSR count). The number of halogens is 3. The number of nitrogens with one attached hydrogen (secondary N) is 1. The van der Waals surface area contributed by atoms with E-state index in [1.807, 2.05) is 6.92 Å². The molecule has 0 fully saturated rings. The summed E-state index contributed by atoms with van der Waals surface area (Å²) in [6, 6.07) is 3.57. The summed E-state index contributed by atoms with van der Waals surface area (Å²) in [5, 5.41) is 3.20. The SMILES string of the molecule is CCC(C)CC(C)Nc1ccc(C(F)(F)F)cc1C(N)=S. The van der Waals surface area contributed by atoms with E-state index < -0.39 is 11.7 Å². The van der Waals surface area contributed by atoms with Gasteiger partial charge in [0.2, 0.25) is 0 Å². The van der Waals surface area contributed by atoms with Gasteiger partial charge in [-0.2, -0.15) is 13.2 Å². The maximum absolute atomic E-state index is 12.7. The van der Waals surface area contributed by atoms with Gasteiger partial charge in [0.05, 0.1) is 5.56 Å². The average molecular weight is 318 g/mol. The molecule has 1 aromatic carbocycles. The van der Waals surface area contributed by atoms with Crippen LogP contribution in [0.1, 0.15) is 44.7 Å². The summed E-state index contributed by atoms with van der Waals surface area (Å²) in [6.07, 6.45) is -2.42. The van der Waals surface area contributed by atoms with Gasteiger partial charge in [-0.15, -0.1) is 0 Å². The molecule has 0 saturated carbocycles. The summed E-state index contributed by atoms with van der Waals surface area (Å²) in [5.74, 6) is 0.537. The Morgan fingerprint density at radius 3 is 2.43 bits per heavy atom. The molecule has 21 heavy (non-hydrogen) atoms. The van der Waals surface area contributed by atoms with Crippen LogP contribution in [0.25, 0.3) is 0 Å². The highest BCUT2D eigenvalue weighted by atomic mass is 32.1.